The summed E-state index contributed by atoms with van der Waals surface area (Å²) in [6, 6.07) is 8.17. The minimum Gasteiger partial charge on any atom is -0.496 e. The third-order valence-corrected chi connectivity index (χ3v) is 3.01. The minimum atomic E-state index is 0.629. The fraction of sp³-hybridized carbons (Fsp3) is 0.357. The molecule has 0 saturated heterocycles. The first kappa shape index (κ1) is 12.6. The van der Waals surface area contributed by atoms with Gasteiger partial charge in [-0.15, -0.1) is 0 Å². The van der Waals surface area contributed by atoms with Gasteiger partial charge in [0.25, 0.3) is 0 Å². The molecule has 0 bridgehead atoms. The maximum absolute atomic E-state index is 5.59. The van der Waals surface area contributed by atoms with Crippen molar-refractivity contribution < 1.29 is 4.74 Å². The van der Waals surface area contributed by atoms with Gasteiger partial charge in [-0.2, -0.15) is 5.10 Å². The van der Waals surface area contributed by atoms with Gasteiger partial charge in [-0.25, -0.2) is 0 Å². The van der Waals surface area contributed by atoms with Crippen LogP contribution < -0.4 is 10.5 Å². The quantitative estimate of drug-likeness (QED) is 0.895. The van der Waals surface area contributed by atoms with Crippen molar-refractivity contribution in [3.8, 4) is 17.0 Å². The molecule has 2 aromatic rings. The summed E-state index contributed by atoms with van der Waals surface area (Å²) in [6.45, 7) is 2.69. The molecule has 96 valence electrons. The van der Waals surface area contributed by atoms with Crippen molar-refractivity contribution in [2.75, 3.05) is 13.7 Å². The van der Waals surface area contributed by atoms with E-state index in [1.54, 1.807) is 7.11 Å². The zero-order valence-electron chi connectivity index (χ0n) is 11.1. The fourth-order valence-corrected chi connectivity index (χ4v) is 2.04. The number of methoxy groups -OCH3 is 1. The molecule has 0 saturated carbocycles. The molecule has 4 heteroatoms. The van der Waals surface area contributed by atoms with Gasteiger partial charge >= 0.3 is 0 Å². The lowest BCUT2D eigenvalue weighted by molar-refractivity contribution is 0.416. The Balaban J connectivity index is 2.47. The van der Waals surface area contributed by atoms with Crippen LogP contribution >= 0.6 is 0 Å². The second kappa shape index (κ2) is 5.23. The van der Waals surface area contributed by atoms with Gasteiger partial charge in [-0.3, -0.25) is 4.68 Å². The first-order valence-corrected chi connectivity index (χ1v) is 6.03. The number of benzene rings is 1. The number of aryl methyl sites for hydroxylation is 2. The van der Waals surface area contributed by atoms with E-state index >= 15 is 0 Å². The molecule has 0 radical (unpaired) electrons. The number of rotatable bonds is 4. The Bertz CT molecular complexity index is 546. The molecule has 0 atom stereocenters. The lowest BCUT2D eigenvalue weighted by Crippen LogP contribution is -2.06. The molecule has 4 nitrogen and oxygen atoms in total. The highest BCUT2D eigenvalue weighted by molar-refractivity contribution is 5.68. The Labute approximate surface area is 107 Å². The van der Waals surface area contributed by atoms with Gasteiger partial charge in [0.05, 0.1) is 12.8 Å². The fourth-order valence-electron chi connectivity index (χ4n) is 2.04. The molecule has 0 aliphatic heterocycles. The molecule has 1 aromatic heterocycles. The summed E-state index contributed by atoms with van der Waals surface area (Å²) in [4.78, 5) is 0. The summed E-state index contributed by atoms with van der Waals surface area (Å²) in [7, 11) is 3.62. The Hall–Kier alpha value is -1.81. The van der Waals surface area contributed by atoms with E-state index in [1.165, 1.54) is 5.56 Å². The van der Waals surface area contributed by atoms with Crippen LogP contribution in [0.1, 0.15) is 11.3 Å². The summed E-state index contributed by atoms with van der Waals surface area (Å²) in [5.41, 5.74) is 9.87. The van der Waals surface area contributed by atoms with Crippen LogP contribution in [0.2, 0.25) is 0 Å². The Kier molecular flexibility index (Phi) is 3.67. The van der Waals surface area contributed by atoms with E-state index in [9.17, 15) is 0 Å². The highest BCUT2D eigenvalue weighted by Crippen LogP contribution is 2.30. The summed E-state index contributed by atoms with van der Waals surface area (Å²) in [6.07, 6.45) is 0.831. The van der Waals surface area contributed by atoms with Crippen LogP contribution in [-0.4, -0.2) is 23.4 Å². The van der Waals surface area contributed by atoms with E-state index in [0.717, 1.165) is 29.1 Å². The first-order chi connectivity index (χ1) is 8.65. The van der Waals surface area contributed by atoms with Crippen LogP contribution in [0, 0.1) is 6.92 Å². The highest BCUT2D eigenvalue weighted by atomic mass is 16.5. The largest absolute Gasteiger partial charge is 0.496 e. The minimum absolute atomic E-state index is 0.629. The lowest BCUT2D eigenvalue weighted by Gasteiger charge is -2.06. The number of aromatic nitrogens is 2. The monoisotopic (exact) mass is 245 g/mol. The van der Waals surface area contributed by atoms with Crippen molar-refractivity contribution >= 4 is 0 Å². The molecule has 2 N–H and O–H groups in total. The normalized spacial score (nSPS) is 10.7. The van der Waals surface area contributed by atoms with Gasteiger partial charge in [-0.1, -0.05) is 11.6 Å². The van der Waals surface area contributed by atoms with E-state index in [4.69, 9.17) is 10.5 Å². The van der Waals surface area contributed by atoms with Crippen LogP contribution in [0.15, 0.2) is 24.3 Å². The van der Waals surface area contributed by atoms with Gasteiger partial charge in [0.15, 0.2) is 0 Å². The topological polar surface area (TPSA) is 53.1 Å². The smallest absolute Gasteiger partial charge is 0.128 e. The van der Waals surface area contributed by atoms with Crippen LogP contribution in [0.4, 0.5) is 0 Å². The van der Waals surface area contributed by atoms with Gasteiger partial charge in [0.2, 0.25) is 0 Å². The molecule has 1 aromatic carbocycles. The van der Waals surface area contributed by atoms with E-state index in [-0.39, 0.29) is 0 Å². The average molecular weight is 245 g/mol. The zero-order chi connectivity index (χ0) is 13.1. The predicted molar refractivity (Wildman–Crippen MR) is 72.7 cm³/mol. The van der Waals surface area contributed by atoms with Crippen molar-refractivity contribution in [2.24, 2.45) is 12.8 Å². The van der Waals surface area contributed by atoms with Crippen molar-refractivity contribution in [1.82, 2.24) is 9.78 Å². The molecule has 0 fully saturated rings. The molecule has 1 heterocycles. The molecule has 0 aliphatic rings. The van der Waals surface area contributed by atoms with E-state index in [2.05, 4.69) is 24.2 Å². The third kappa shape index (κ3) is 2.38. The van der Waals surface area contributed by atoms with Gasteiger partial charge in [0.1, 0.15) is 5.75 Å². The van der Waals surface area contributed by atoms with Gasteiger partial charge in [0, 0.05) is 24.7 Å². The lowest BCUT2D eigenvalue weighted by atomic mass is 10.1. The number of hydrogen-bond donors (Lipinski definition) is 1. The summed E-state index contributed by atoms with van der Waals surface area (Å²) < 4.78 is 7.27. The molecule has 0 amide bonds. The first-order valence-electron chi connectivity index (χ1n) is 6.03. The molecular formula is C14H19N3O. The third-order valence-electron chi connectivity index (χ3n) is 3.01. The van der Waals surface area contributed by atoms with Crippen LogP contribution in [-0.2, 0) is 13.5 Å². The number of nitrogens with two attached hydrogens (primary N) is 1. The molecule has 0 spiro atoms. The van der Waals surface area contributed by atoms with E-state index in [1.807, 2.05) is 23.9 Å². The van der Waals surface area contributed by atoms with Gasteiger partial charge in [-0.05, 0) is 31.7 Å². The van der Waals surface area contributed by atoms with Crippen molar-refractivity contribution in [3.05, 3.63) is 35.5 Å². The SMILES string of the molecule is COc1ccc(C)cc1-c1cc(CCN)n(C)n1. The summed E-state index contributed by atoms with van der Waals surface area (Å²) in [5.74, 6) is 0.845. The zero-order valence-corrected chi connectivity index (χ0v) is 11.1. The van der Waals surface area contributed by atoms with Crippen molar-refractivity contribution in [2.45, 2.75) is 13.3 Å². The maximum atomic E-state index is 5.59. The number of nitrogens with zero attached hydrogens (tertiary/aromatic N) is 2. The number of ether oxygens (including phenoxy) is 1. The molecular weight excluding hydrogens is 226 g/mol. The second-order valence-electron chi connectivity index (χ2n) is 4.39. The van der Waals surface area contributed by atoms with Crippen molar-refractivity contribution in [1.29, 1.82) is 0 Å². The van der Waals surface area contributed by atoms with Gasteiger partial charge < -0.3 is 10.5 Å². The number of hydrogen-bond acceptors (Lipinski definition) is 3. The molecule has 0 unspecified atom stereocenters. The van der Waals surface area contributed by atoms with Crippen LogP contribution in [0.5, 0.6) is 5.75 Å². The van der Waals surface area contributed by atoms with Crippen LogP contribution in [0.25, 0.3) is 11.3 Å². The highest BCUT2D eigenvalue weighted by Gasteiger charge is 2.11. The second-order valence-corrected chi connectivity index (χ2v) is 4.39. The molecule has 0 aliphatic carbocycles. The molecule has 18 heavy (non-hydrogen) atoms. The Morgan fingerprint density at radius 3 is 2.78 bits per heavy atom. The summed E-state index contributed by atoms with van der Waals surface area (Å²) in [5, 5.41) is 4.53. The average Bonchev–Trinajstić information content (AvgIpc) is 2.71. The Morgan fingerprint density at radius 1 is 1.33 bits per heavy atom. The maximum Gasteiger partial charge on any atom is 0.128 e. The van der Waals surface area contributed by atoms with E-state index < -0.39 is 0 Å². The Morgan fingerprint density at radius 2 is 2.11 bits per heavy atom. The van der Waals surface area contributed by atoms with Crippen molar-refractivity contribution in [3.63, 3.8) is 0 Å². The van der Waals surface area contributed by atoms with E-state index in [0.29, 0.717) is 6.54 Å². The predicted octanol–water partition coefficient (Wildman–Crippen LogP) is 1.91. The standard InChI is InChI=1S/C14H19N3O/c1-10-4-5-14(18-3)12(8-10)13-9-11(6-7-15)17(2)16-13/h4-5,8-9H,6-7,15H2,1-3H3. The summed E-state index contributed by atoms with van der Waals surface area (Å²) >= 11 is 0. The van der Waals surface area contributed by atoms with Crippen LogP contribution in [0.3, 0.4) is 0 Å². The molecule has 2 rings (SSSR count).